The number of nitrogens with zero attached hydrogens (tertiary/aromatic N) is 4. The number of amides is 1. The molecule has 0 aliphatic heterocycles. The molecule has 29 heavy (non-hydrogen) atoms. The van der Waals surface area contributed by atoms with Crippen molar-refractivity contribution in [1.29, 1.82) is 0 Å². The van der Waals surface area contributed by atoms with Gasteiger partial charge in [0.25, 0.3) is 0 Å². The quantitative estimate of drug-likeness (QED) is 0.537. The summed E-state index contributed by atoms with van der Waals surface area (Å²) in [6.45, 7) is 2.01. The molecule has 2 aromatic heterocycles. The molecule has 2 aromatic carbocycles. The zero-order chi connectivity index (χ0) is 20.4. The van der Waals surface area contributed by atoms with Crippen molar-refractivity contribution in [3.8, 4) is 17.1 Å². The van der Waals surface area contributed by atoms with E-state index in [1.165, 1.54) is 12.1 Å². The Hall–Kier alpha value is -3.52. The molecule has 0 atom stereocenters. The molecule has 0 saturated heterocycles. The van der Waals surface area contributed by atoms with Gasteiger partial charge < -0.3 is 9.84 Å². The van der Waals surface area contributed by atoms with E-state index in [4.69, 9.17) is 16.1 Å². The van der Waals surface area contributed by atoms with Crippen LogP contribution in [0.5, 0.6) is 0 Å². The molecule has 0 radical (unpaired) electrons. The van der Waals surface area contributed by atoms with E-state index in [-0.39, 0.29) is 24.1 Å². The van der Waals surface area contributed by atoms with Crippen LogP contribution in [-0.2, 0) is 6.54 Å². The fourth-order valence-corrected chi connectivity index (χ4v) is 2.95. The van der Waals surface area contributed by atoms with Crippen molar-refractivity contribution in [3.63, 3.8) is 0 Å². The smallest absolute Gasteiger partial charge is 0.316 e. The van der Waals surface area contributed by atoms with E-state index in [1.807, 2.05) is 18.2 Å². The van der Waals surface area contributed by atoms with Gasteiger partial charge in [0.1, 0.15) is 5.82 Å². The predicted molar refractivity (Wildman–Crippen MR) is 104 cm³/mol. The fraction of sp³-hybridized carbons (Fsp3) is 0.100. The largest absolute Gasteiger partial charge is 0.344 e. The summed E-state index contributed by atoms with van der Waals surface area (Å²) in [5.74, 6) is -0.793. The Bertz CT molecular complexity index is 1170. The summed E-state index contributed by atoms with van der Waals surface area (Å²) in [5.41, 5.74) is 2.73. The Morgan fingerprint density at radius 2 is 1.97 bits per heavy atom. The van der Waals surface area contributed by atoms with Crippen molar-refractivity contribution >= 4 is 17.5 Å². The SMILES string of the molecule is Cc1nn(-c2ccccc2Cl)cc1-c1noc(C(=O)NCc2ccc(F)cc2)n1. The molecular weight excluding hydrogens is 397 g/mol. The lowest BCUT2D eigenvalue weighted by atomic mass is 10.2. The maximum absolute atomic E-state index is 12.9. The van der Waals surface area contributed by atoms with Crippen molar-refractivity contribution in [2.24, 2.45) is 0 Å². The number of benzene rings is 2. The summed E-state index contributed by atoms with van der Waals surface area (Å²) >= 11 is 6.22. The fourth-order valence-electron chi connectivity index (χ4n) is 2.73. The standard InChI is InChI=1S/C20H15ClFN5O2/c1-12-15(11-27(25-12)17-5-3-2-4-16(17)21)18-24-20(29-26-18)19(28)23-10-13-6-8-14(22)9-7-13/h2-9,11H,10H2,1H3,(H,23,28). The van der Waals surface area contributed by atoms with Crippen LogP contribution in [0.15, 0.2) is 59.3 Å². The number of carbonyl (C=O) groups is 1. The van der Waals surface area contributed by atoms with Crippen LogP contribution in [0.1, 0.15) is 21.9 Å². The van der Waals surface area contributed by atoms with Gasteiger partial charge in [0.15, 0.2) is 0 Å². The molecule has 4 aromatic rings. The van der Waals surface area contributed by atoms with E-state index < -0.39 is 5.91 Å². The van der Waals surface area contributed by atoms with Crippen LogP contribution < -0.4 is 5.32 Å². The third-order valence-corrected chi connectivity index (χ3v) is 4.55. The van der Waals surface area contributed by atoms with Crippen molar-refractivity contribution in [2.75, 3.05) is 0 Å². The van der Waals surface area contributed by atoms with Gasteiger partial charge in [0.05, 0.1) is 22.0 Å². The summed E-state index contributed by atoms with van der Waals surface area (Å²) in [4.78, 5) is 16.4. The Morgan fingerprint density at radius 3 is 2.72 bits per heavy atom. The van der Waals surface area contributed by atoms with E-state index in [9.17, 15) is 9.18 Å². The molecule has 0 aliphatic carbocycles. The molecule has 0 saturated carbocycles. The normalized spacial score (nSPS) is 10.9. The minimum Gasteiger partial charge on any atom is -0.344 e. The van der Waals surface area contributed by atoms with Gasteiger partial charge in [-0.1, -0.05) is 41.0 Å². The number of hydrogen-bond donors (Lipinski definition) is 1. The van der Waals surface area contributed by atoms with Crippen LogP contribution in [0, 0.1) is 12.7 Å². The molecule has 0 unspecified atom stereocenters. The topological polar surface area (TPSA) is 85.8 Å². The van der Waals surface area contributed by atoms with Crippen LogP contribution in [0.4, 0.5) is 4.39 Å². The third-order valence-electron chi connectivity index (χ3n) is 4.23. The van der Waals surface area contributed by atoms with Crippen LogP contribution in [0.2, 0.25) is 5.02 Å². The van der Waals surface area contributed by atoms with Crippen molar-refractivity contribution in [2.45, 2.75) is 13.5 Å². The van der Waals surface area contributed by atoms with Gasteiger partial charge in [0.2, 0.25) is 5.82 Å². The predicted octanol–water partition coefficient (Wildman–Crippen LogP) is 3.95. The number of rotatable bonds is 5. The van der Waals surface area contributed by atoms with Crippen LogP contribution in [-0.4, -0.2) is 25.8 Å². The van der Waals surface area contributed by atoms with Crippen molar-refractivity contribution in [1.82, 2.24) is 25.2 Å². The van der Waals surface area contributed by atoms with Gasteiger partial charge >= 0.3 is 11.8 Å². The highest BCUT2D eigenvalue weighted by Crippen LogP contribution is 2.24. The van der Waals surface area contributed by atoms with E-state index in [1.54, 1.807) is 36.0 Å². The highest BCUT2D eigenvalue weighted by Gasteiger charge is 2.19. The van der Waals surface area contributed by atoms with Gasteiger partial charge in [-0.3, -0.25) is 4.79 Å². The zero-order valence-corrected chi connectivity index (χ0v) is 16.0. The van der Waals surface area contributed by atoms with Crippen molar-refractivity contribution < 1.29 is 13.7 Å². The minimum atomic E-state index is -0.524. The van der Waals surface area contributed by atoms with Crippen LogP contribution in [0.3, 0.4) is 0 Å². The van der Waals surface area contributed by atoms with Crippen LogP contribution >= 0.6 is 11.6 Å². The number of hydrogen-bond acceptors (Lipinski definition) is 5. The Labute approximate surface area is 170 Å². The van der Waals surface area contributed by atoms with Gasteiger partial charge in [-0.15, -0.1) is 0 Å². The Balaban J connectivity index is 1.51. The third kappa shape index (κ3) is 4.02. The number of aryl methyl sites for hydroxylation is 1. The highest BCUT2D eigenvalue weighted by molar-refractivity contribution is 6.32. The first-order valence-electron chi connectivity index (χ1n) is 8.69. The van der Waals surface area contributed by atoms with E-state index in [0.717, 1.165) is 5.56 Å². The summed E-state index contributed by atoms with van der Waals surface area (Å²) in [6.07, 6.45) is 1.72. The van der Waals surface area contributed by atoms with E-state index >= 15 is 0 Å². The molecule has 9 heteroatoms. The molecule has 1 amide bonds. The van der Waals surface area contributed by atoms with Gasteiger partial charge in [-0.05, 0) is 36.8 Å². The summed E-state index contributed by atoms with van der Waals surface area (Å²) in [7, 11) is 0. The average Bonchev–Trinajstić information content (AvgIpc) is 3.34. The first kappa shape index (κ1) is 18.8. The minimum absolute atomic E-state index is 0.174. The molecule has 7 nitrogen and oxygen atoms in total. The number of nitrogens with one attached hydrogen (secondary N) is 1. The maximum atomic E-state index is 12.9. The van der Waals surface area contributed by atoms with Crippen molar-refractivity contribution in [3.05, 3.63) is 82.7 Å². The Morgan fingerprint density at radius 1 is 1.21 bits per heavy atom. The van der Waals surface area contributed by atoms with Gasteiger partial charge in [-0.25, -0.2) is 9.07 Å². The van der Waals surface area contributed by atoms with E-state index in [0.29, 0.717) is 22.0 Å². The summed E-state index contributed by atoms with van der Waals surface area (Å²) in [5, 5.41) is 11.5. The molecular formula is C20H15ClFN5O2. The van der Waals surface area contributed by atoms with Gasteiger partial charge in [0, 0.05) is 12.7 Å². The summed E-state index contributed by atoms with van der Waals surface area (Å²) in [6, 6.07) is 13.1. The molecule has 1 N–H and O–H groups in total. The van der Waals surface area contributed by atoms with Crippen LogP contribution in [0.25, 0.3) is 17.1 Å². The first-order valence-corrected chi connectivity index (χ1v) is 9.07. The second kappa shape index (κ2) is 7.84. The lowest BCUT2D eigenvalue weighted by Gasteiger charge is -2.02. The Kier molecular flexibility index (Phi) is 5.09. The second-order valence-electron chi connectivity index (χ2n) is 6.26. The maximum Gasteiger partial charge on any atom is 0.316 e. The molecule has 146 valence electrons. The summed E-state index contributed by atoms with van der Waals surface area (Å²) < 4.78 is 19.7. The molecule has 2 heterocycles. The second-order valence-corrected chi connectivity index (χ2v) is 6.66. The molecule has 4 rings (SSSR count). The lowest BCUT2D eigenvalue weighted by molar-refractivity contribution is 0.0907. The lowest BCUT2D eigenvalue weighted by Crippen LogP contribution is -2.23. The molecule has 0 fully saturated rings. The first-order chi connectivity index (χ1) is 14.0. The van der Waals surface area contributed by atoms with Gasteiger partial charge in [-0.2, -0.15) is 10.1 Å². The highest BCUT2D eigenvalue weighted by atomic mass is 35.5. The monoisotopic (exact) mass is 411 g/mol. The number of para-hydroxylation sites is 1. The van der Waals surface area contributed by atoms with E-state index in [2.05, 4.69) is 20.6 Å². The number of aromatic nitrogens is 4. The number of halogens is 2. The molecule has 0 aliphatic rings. The number of carbonyl (C=O) groups excluding carboxylic acids is 1. The zero-order valence-electron chi connectivity index (χ0n) is 15.3. The average molecular weight is 412 g/mol. The molecule has 0 spiro atoms. The molecule has 0 bridgehead atoms.